The molecule has 1 aliphatic heterocycles. The molecule has 0 saturated carbocycles. The zero-order valence-electron chi connectivity index (χ0n) is 12.3. The SMILES string of the molecule is O=C(c1cc(S(=O)(=O)Nc2cccc(Br)c2)c[nH]1)N1CCCC1. The van der Waals surface area contributed by atoms with Gasteiger partial charge in [-0.1, -0.05) is 22.0 Å². The van der Waals surface area contributed by atoms with Gasteiger partial charge in [0, 0.05) is 29.4 Å². The molecular formula is C15H16BrN3O3S. The minimum absolute atomic E-state index is 0.0417. The van der Waals surface area contributed by atoms with Gasteiger partial charge in [0.15, 0.2) is 0 Å². The van der Waals surface area contributed by atoms with E-state index in [1.807, 2.05) is 0 Å². The second kappa shape index (κ2) is 6.37. The average Bonchev–Trinajstić information content (AvgIpc) is 3.18. The molecule has 0 atom stereocenters. The Hall–Kier alpha value is -1.80. The number of hydrogen-bond acceptors (Lipinski definition) is 3. The van der Waals surface area contributed by atoms with Gasteiger partial charge in [-0.25, -0.2) is 8.42 Å². The van der Waals surface area contributed by atoms with Gasteiger partial charge in [0.25, 0.3) is 15.9 Å². The Balaban J connectivity index is 1.79. The number of carbonyl (C=O) groups excluding carboxylic acids is 1. The van der Waals surface area contributed by atoms with Gasteiger partial charge in [-0.05, 0) is 37.1 Å². The lowest BCUT2D eigenvalue weighted by Crippen LogP contribution is -2.27. The van der Waals surface area contributed by atoms with Crippen LogP contribution in [0.15, 0.2) is 45.9 Å². The number of aromatic nitrogens is 1. The van der Waals surface area contributed by atoms with Crippen molar-refractivity contribution in [3.8, 4) is 0 Å². The van der Waals surface area contributed by atoms with Gasteiger partial charge >= 0.3 is 0 Å². The number of halogens is 1. The average molecular weight is 398 g/mol. The van der Waals surface area contributed by atoms with Crippen LogP contribution >= 0.6 is 15.9 Å². The van der Waals surface area contributed by atoms with Gasteiger partial charge in [-0.15, -0.1) is 0 Å². The Bertz CT molecular complexity index is 826. The first kappa shape index (κ1) is 16.1. The van der Waals surface area contributed by atoms with Crippen LogP contribution in [0.5, 0.6) is 0 Å². The third-order valence-electron chi connectivity index (χ3n) is 3.67. The van der Waals surface area contributed by atoms with Gasteiger partial charge in [-0.3, -0.25) is 9.52 Å². The number of carbonyl (C=O) groups is 1. The van der Waals surface area contributed by atoms with E-state index >= 15 is 0 Å². The van der Waals surface area contributed by atoms with Crippen molar-refractivity contribution in [3.05, 3.63) is 46.7 Å². The molecule has 3 rings (SSSR count). The number of anilines is 1. The van der Waals surface area contributed by atoms with Crippen molar-refractivity contribution >= 4 is 37.5 Å². The third-order valence-corrected chi connectivity index (χ3v) is 5.52. The van der Waals surface area contributed by atoms with Gasteiger partial charge in [0.2, 0.25) is 0 Å². The van der Waals surface area contributed by atoms with Crippen LogP contribution in [0, 0.1) is 0 Å². The molecule has 1 aromatic carbocycles. The molecule has 23 heavy (non-hydrogen) atoms. The van der Waals surface area contributed by atoms with Crippen LogP contribution in [0.3, 0.4) is 0 Å². The second-order valence-electron chi connectivity index (χ2n) is 5.36. The number of H-pyrrole nitrogens is 1. The highest BCUT2D eigenvalue weighted by atomic mass is 79.9. The fourth-order valence-electron chi connectivity index (χ4n) is 2.51. The summed E-state index contributed by atoms with van der Waals surface area (Å²) in [5, 5.41) is 0. The van der Waals surface area contributed by atoms with E-state index in [1.165, 1.54) is 12.3 Å². The Labute approximate surface area is 143 Å². The minimum atomic E-state index is -3.74. The molecule has 1 fully saturated rings. The number of amides is 1. The number of nitrogens with zero attached hydrogens (tertiary/aromatic N) is 1. The molecule has 6 nitrogen and oxygen atoms in total. The minimum Gasteiger partial charge on any atom is -0.356 e. The first-order valence-corrected chi connectivity index (χ1v) is 9.49. The van der Waals surface area contributed by atoms with Crippen LogP contribution in [-0.4, -0.2) is 37.3 Å². The molecule has 1 aromatic heterocycles. The van der Waals surface area contributed by atoms with Crippen molar-refractivity contribution in [2.45, 2.75) is 17.7 Å². The summed E-state index contributed by atoms with van der Waals surface area (Å²) in [6, 6.07) is 8.25. The van der Waals surface area contributed by atoms with Gasteiger partial charge in [0.05, 0.1) is 0 Å². The molecule has 1 amide bonds. The molecular weight excluding hydrogens is 382 g/mol. The summed E-state index contributed by atoms with van der Waals surface area (Å²) in [5.74, 6) is -0.161. The van der Waals surface area contributed by atoms with Crippen molar-refractivity contribution in [2.75, 3.05) is 17.8 Å². The fraction of sp³-hybridized carbons (Fsp3) is 0.267. The predicted molar refractivity (Wildman–Crippen MR) is 90.9 cm³/mol. The molecule has 2 N–H and O–H groups in total. The monoisotopic (exact) mass is 397 g/mol. The van der Waals surface area contributed by atoms with E-state index in [4.69, 9.17) is 0 Å². The van der Waals surface area contributed by atoms with E-state index in [-0.39, 0.29) is 10.8 Å². The van der Waals surface area contributed by atoms with Crippen LogP contribution in [0.4, 0.5) is 5.69 Å². The van der Waals surface area contributed by atoms with Gasteiger partial charge in [-0.2, -0.15) is 0 Å². The molecule has 8 heteroatoms. The third kappa shape index (κ3) is 3.59. The summed E-state index contributed by atoms with van der Waals surface area (Å²) in [5.41, 5.74) is 0.745. The zero-order valence-corrected chi connectivity index (χ0v) is 14.7. The number of nitrogens with one attached hydrogen (secondary N) is 2. The summed E-state index contributed by atoms with van der Waals surface area (Å²) in [6.45, 7) is 1.44. The lowest BCUT2D eigenvalue weighted by atomic mass is 10.3. The number of likely N-dealkylation sites (tertiary alicyclic amines) is 1. The summed E-state index contributed by atoms with van der Waals surface area (Å²) in [4.78, 5) is 16.8. The van der Waals surface area contributed by atoms with Crippen molar-refractivity contribution in [2.24, 2.45) is 0 Å². The number of hydrogen-bond donors (Lipinski definition) is 2. The summed E-state index contributed by atoms with van der Waals surface area (Å²) in [6.07, 6.45) is 3.31. The number of benzene rings is 1. The van der Waals surface area contributed by atoms with E-state index in [0.29, 0.717) is 11.4 Å². The standard InChI is InChI=1S/C15H16BrN3O3S/c16-11-4-3-5-12(8-11)18-23(21,22)13-9-14(17-10-13)15(20)19-6-1-2-7-19/h3-5,8-10,17-18H,1-2,6-7H2. The maximum absolute atomic E-state index is 12.4. The smallest absolute Gasteiger partial charge is 0.270 e. The number of sulfonamides is 1. The molecule has 2 aromatic rings. The number of rotatable bonds is 4. The topological polar surface area (TPSA) is 82.3 Å². The molecule has 0 bridgehead atoms. The van der Waals surface area contributed by atoms with Gasteiger partial charge < -0.3 is 9.88 Å². The first-order chi connectivity index (χ1) is 11.0. The highest BCUT2D eigenvalue weighted by Gasteiger charge is 2.23. The van der Waals surface area contributed by atoms with E-state index in [1.54, 1.807) is 29.2 Å². The Kier molecular flexibility index (Phi) is 4.45. The largest absolute Gasteiger partial charge is 0.356 e. The van der Waals surface area contributed by atoms with Crippen LogP contribution in [0.1, 0.15) is 23.3 Å². The molecule has 122 valence electrons. The summed E-state index contributed by atoms with van der Waals surface area (Å²) in [7, 11) is -3.74. The second-order valence-corrected chi connectivity index (χ2v) is 7.96. The summed E-state index contributed by atoms with van der Waals surface area (Å²) < 4.78 is 28.1. The zero-order chi connectivity index (χ0) is 16.4. The summed E-state index contributed by atoms with van der Waals surface area (Å²) >= 11 is 3.30. The molecule has 0 aliphatic carbocycles. The highest BCUT2D eigenvalue weighted by molar-refractivity contribution is 9.10. The molecule has 0 radical (unpaired) electrons. The Morgan fingerprint density at radius 1 is 1.22 bits per heavy atom. The van der Waals surface area contributed by atoms with Crippen LogP contribution in [-0.2, 0) is 10.0 Å². The Morgan fingerprint density at radius 3 is 2.65 bits per heavy atom. The van der Waals surface area contributed by atoms with E-state index < -0.39 is 10.0 Å². The van der Waals surface area contributed by atoms with Gasteiger partial charge in [0.1, 0.15) is 10.6 Å². The molecule has 1 saturated heterocycles. The molecule has 0 spiro atoms. The van der Waals surface area contributed by atoms with E-state index in [0.717, 1.165) is 30.4 Å². The van der Waals surface area contributed by atoms with Crippen molar-refractivity contribution < 1.29 is 13.2 Å². The normalized spacial score (nSPS) is 14.9. The van der Waals surface area contributed by atoms with E-state index in [2.05, 4.69) is 25.6 Å². The fourth-order valence-corrected chi connectivity index (χ4v) is 3.95. The van der Waals surface area contributed by atoms with Crippen LogP contribution in [0.25, 0.3) is 0 Å². The number of aromatic amines is 1. The highest BCUT2D eigenvalue weighted by Crippen LogP contribution is 2.21. The van der Waals surface area contributed by atoms with Crippen LogP contribution < -0.4 is 4.72 Å². The van der Waals surface area contributed by atoms with Crippen molar-refractivity contribution in [3.63, 3.8) is 0 Å². The Morgan fingerprint density at radius 2 is 1.96 bits per heavy atom. The van der Waals surface area contributed by atoms with Crippen molar-refractivity contribution in [1.29, 1.82) is 0 Å². The maximum Gasteiger partial charge on any atom is 0.270 e. The lowest BCUT2D eigenvalue weighted by Gasteiger charge is -2.13. The molecule has 2 heterocycles. The van der Waals surface area contributed by atoms with E-state index in [9.17, 15) is 13.2 Å². The van der Waals surface area contributed by atoms with Crippen LogP contribution in [0.2, 0.25) is 0 Å². The van der Waals surface area contributed by atoms with Crippen molar-refractivity contribution in [1.82, 2.24) is 9.88 Å². The first-order valence-electron chi connectivity index (χ1n) is 7.22. The maximum atomic E-state index is 12.4. The molecule has 0 unspecified atom stereocenters. The predicted octanol–water partition coefficient (Wildman–Crippen LogP) is 2.81. The lowest BCUT2D eigenvalue weighted by molar-refractivity contribution is 0.0787. The molecule has 1 aliphatic rings. The quantitative estimate of drug-likeness (QED) is 0.831.